The first-order valence-electron chi connectivity index (χ1n) is 12.8. The number of nitrogens with zero attached hydrogens (tertiary/aromatic N) is 1. The molecular weight excluding hydrogens is 508 g/mol. The Kier molecular flexibility index (Phi) is 7.70. The molecular formula is C32H28N2O4S. The molecule has 5 aromatic rings. The van der Waals surface area contributed by atoms with Gasteiger partial charge in [-0.25, -0.2) is 9.78 Å². The van der Waals surface area contributed by atoms with Gasteiger partial charge in [0.25, 0.3) is 5.91 Å². The number of nitrogens with one attached hydrogen (secondary N) is 1. The highest BCUT2D eigenvalue weighted by atomic mass is 32.1. The maximum atomic E-state index is 13.8. The van der Waals surface area contributed by atoms with Crippen molar-refractivity contribution in [1.29, 1.82) is 0 Å². The van der Waals surface area contributed by atoms with Crippen LogP contribution in [-0.4, -0.2) is 30.1 Å². The molecule has 0 aliphatic heterocycles. The number of carbonyl (C=O) groups is 2. The number of para-hydroxylation sites is 2. The molecule has 0 unspecified atom stereocenters. The summed E-state index contributed by atoms with van der Waals surface area (Å²) in [6, 6.07) is 24.8. The molecule has 0 aliphatic rings. The Hall–Kier alpha value is -4.49. The number of aryl methyl sites for hydroxylation is 1. The summed E-state index contributed by atoms with van der Waals surface area (Å²) in [5.74, 6) is -0.123. The van der Waals surface area contributed by atoms with Crippen LogP contribution in [-0.2, 0) is 4.74 Å². The van der Waals surface area contributed by atoms with Gasteiger partial charge in [-0.1, -0.05) is 60.2 Å². The average molecular weight is 537 g/mol. The van der Waals surface area contributed by atoms with E-state index in [1.54, 1.807) is 13.0 Å². The molecule has 0 radical (unpaired) electrons. The minimum atomic E-state index is -0.476. The number of hydrogen-bond donors (Lipinski definition) is 1. The number of pyridine rings is 1. The van der Waals surface area contributed by atoms with Crippen LogP contribution in [0.3, 0.4) is 0 Å². The van der Waals surface area contributed by atoms with Crippen molar-refractivity contribution in [1.82, 2.24) is 4.98 Å². The molecule has 196 valence electrons. The highest BCUT2D eigenvalue weighted by molar-refractivity contribution is 7.15. The molecule has 0 fully saturated rings. The molecule has 2 aromatic heterocycles. The molecule has 2 heterocycles. The molecule has 0 bridgehead atoms. The Balaban J connectivity index is 1.59. The number of amides is 1. The number of thiophene rings is 1. The molecule has 0 spiro atoms. The number of aromatic nitrogens is 1. The zero-order valence-electron chi connectivity index (χ0n) is 22.0. The Morgan fingerprint density at radius 3 is 2.41 bits per heavy atom. The summed E-state index contributed by atoms with van der Waals surface area (Å²) in [5, 5.41) is 6.02. The fourth-order valence-electron chi connectivity index (χ4n) is 4.43. The van der Waals surface area contributed by atoms with Gasteiger partial charge in [-0.3, -0.25) is 4.79 Å². The standard InChI is InChI=1S/C32H28N2O4S/c1-4-37-28-13-9-7-11-23(28)27-18-24(22-10-6-8-12-26(22)33-27)30(35)34-31-29(32(36)38-5-2)25(19-39-31)21-16-14-20(3)15-17-21/h6-19H,4-5H2,1-3H3,(H,34,35). The molecule has 5 rings (SSSR count). The van der Waals surface area contributed by atoms with E-state index in [-0.39, 0.29) is 12.5 Å². The molecule has 6 nitrogen and oxygen atoms in total. The number of fused-ring (bicyclic) bond motifs is 1. The highest BCUT2D eigenvalue weighted by Crippen LogP contribution is 2.37. The van der Waals surface area contributed by atoms with Crippen molar-refractivity contribution in [3.05, 3.63) is 101 Å². The maximum absolute atomic E-state index is 13.8. The van der Waals surface area contributed by atoms with Crippen molar-refractivity contribution in [2.24, 2.45) is 0 Å². The van der Waals surface area contributed by atoms with E-state index in [9.17, 15) is 9.59 Å². The number of hydrogen-bond acceptors (Lipinski definition) is 6. The van der Waals surface area contributed by atoms with Crippen LogP contribution in [0.15, 0.2) is 84.2 Å². The van der Waals surface area contributed by atoms with Gasteiger partial charge in [0.15, 0.2) is 0 Å². The maximum Gasteiger partial charge on any atom is 0.341 e. The van der Waals surface area contributed by atoms with Crippen LogP contribution in [0.25, 0.3) is 33.3 Å². The first kappa shape index (κ1) is 26.1. The largest absolute Gasteiger partial charge is 0.493 e. The number of rotatable bonds is 8. The third-order valence-corrected chi connectivity index (χ3v) is 7.18. The van der Waals surface area contributed by atoms with Gasteiger partial charge < -0.3 is 14.8 Å². The monoisotopic (exact) mass is 536 g/mol. The van der Waals surface area contributed by atoms with E-state index in [0.29, 0.717) is 45.1 Å². The first-order valence-corrected chi connectivity index (χ1v) is 13.7. The number of esters is 1. The van der Waals surface area contributed by atoms with Crippen molar-refractivity contribution in [3.63, 3.8) is 0 Å². The van der Waals surface area contributed by atoms with Crippen LogP contribution in [0.1, 0.15) is 40.1 Å². The minimum absolute atomic E-state index is 0.229. The molecule has 3 aromatic carbocycles. The minimum Gasteiger partial charge on any atom is -0.493 e. The lowest BCUT2D eigenvalue weighted by molar-refractivity contribution is 0.0529. The lowest BCUT2D eigenvalue weighted by atomic mass is 10.0. The summed E-state index contributed by atoms with van der Waals surface area (Å²) in [7, 11) is 0. The Morgan fingerprint density at radius 1 is 0.897 bits per heavy atom. The normalized spacial score (nSPS) is 10.8. The van der Waals surface area contributed by atoms with E-state index in [1.807, 2.05) is 92.0 Å². The van der Waals surface area contributed by atoms with Crippen molar-refractivity contribution in [2.75, 3.05) is 18.5 Å². The average Bonchev–Trinajstić information content (AvgIpc) is 3.37. The van der Waals surface area contributed by atoms with Gasteiger partial charge in [-0.2, -0.15) is 0 Å². The van der Waals surface area contributed by atoms with Crippen molar-refractivity contribution in [2.45, 2.75) is 20.8 Å². The lowest BCUT2D eigenvalue weighted by Crippen LogP contribution is -2.15. The number of anilines is 1. The van der Waals surface area contributed by atoms with Crippen LogP contribution in [0.5, 0.6) is 5.75 Å². The predicted molar refractivity (Wildman–Crippen MR) is 157 cm³/mol. The summed E-state index contributed by atoms with van der Waals surface area (Å²) >= 11 is 1.30. The summed E-state index contributed by atoms with van der Waals surface area (Å²) in [6.45, 7) is 6.44. The summed E-state index contributed by atoms with van der Waals surface area (Å²) < 4.78 is 11.2. The Bertz CT molecular complexity index is 1660. The SMILES string of the molecule is CCOC(=O)c1c(-c2ccc(C)cc2)csc1NC(=O)c1cc(-c2ccccc2OCC)nc2ccccc12. The first-order chi connectivity index (χ1) is 19.0. The van der Waals surface area contributed by atoms with E-state index >= 15 is 0 Å². The van der Waals surface area contributed by atoms with Gasteiger partial charge in [0, 0.05) is 21.9 Å². The van der Waals surface area contributed by atoms with Crippen LogP contribution < -0.4 is 10.1 Å². The Morgan fingerprint density at radius 2 is 1.64 bits per heavy atom. The van der Waals surface area contributed by atoms with Gasteiger partial charge in [-0.05, 0) is 50.6 Å². The van der Waals surface area contributed by atoms with E-state index in [0.717, 1.165) is 22.3 Å². The number of benzene rings is 3. The van der Waals surface area contributed by atoms with Gasteiger partial charge in [0.1, 0.15) is 16.3 Å². The Labute approximate surface area is 231 Å². The van der Waals surface area contributed by atoms with Crippen LogP contribution in [0, 0.1) is 6.92 Å². The molecule has 0 saturated carbocycles. The zero-order chi connectivity index (χ0) is 27.4. The summed E-state index contributed by atoms with van der Waals surface area (Å²) in [6.07, 6.45) is 0. The van der Waals surface area contributed by atoms with Crippen molar-refractivity contribution >= 4 is 39.1 Å². The highest BCUT2D eigenvalue weighted by Gasteiger charge is 2.24. The van der Waals surface area contributed by atoms with Gasteiger partial charge in [0.2, 0.25) is 0 Å². The number of ether oxygens (including phenoxy) is 2. The van der Waals surface area contributed by atoms with Crippen LogP contribution in [0.2, 0.25) is 0 Å². The predicted octanol–water partition coefficient (Wildman–Crippen LogP) is 7.77. The molecule has 1 amide bonds. The van der Waals surface area contributed by atoms with E-state index in [1.165, 1.54) is 11.3 Å². The summed E-state index contributed by atoms with van der Waals surface area (Å²) in [5.41, 5.74) is 5.62. The number of carbonyl (C=O) groups excluding carboxylic acids is 2. The molecule has 7 heteroatoms. The molecule has 0 aliphatic carbocycles. The van der Waals surface area contributed by atoms with Gasteiger partial charge in [0.05, 0.1) is 30.0 Å². The molecule has 39 heavy (non-hydrogen) atoms. The van der Waals surface area contributed by atoms with Gasteiger partial charge >= 0.3 is 5.97 Å². The van der Waals surface area contributed by atoms with Crippen LogP contribution >= 0.6 is 11.3 Å². The second kappa shape index (κ2) is 11.5. The zero-order valence-corrected chi connectivity index (χ0v) is 22.8. The van der Waals surface area contributed by atoms with E-state index < -0.39 is 5.97 Å². The van der Waals surface area contributed by atoms with Gasteiger partial charge in [-0.15, -0.1) is 11.3 Å². The van der Waals surface area contributed by atoms with Crippen molar-refractivity contribution < 1.29 is 19.1 Å². The second-order valence-electron chi connectivity index (χ2n) is 8.90. The fraction of sp³-hybridized carbons (Fsp3) is 0.156. The molecule has 0 saturated heterocycles. The van der Waals surface area contributed by atoms with E-state index in [2.05, 4.69) is 5.32 Å². The third kappa shape index (κ3) is 5.40. The smallest absolute Gasteiger partial charge is 0.341 e. The summed E-state index contributed by atoms with van der Waals surface area (Å²) in [4.78, 5) is 31.7. The van der Waals surface area contributed by atoms with Crippen molar-refractivity contribution in [3.8, 4) is 28.1 Å². The fourth-order valence-corrected chi connectivity index (χ4v) is 5.39. The quantitative estimate of drug-likeness (QED) is 0.205. The third-order valence-electron chi connectivity index (χ3n) is 6.28. The molecule has 1 N–H and O–H groups in total. The second-order valence-corrected chi connectivity index (χ2v) is 9.78. The van der Waals surface area contributed by atoms with Crippen LogP contribution in [0.4, 0.5) is 5.00 Å². The molecule has 0 atom stereocenters. The lowest BCUT2D eigenvalue weighted by Gasteiger charge is -2.13. The topological polar surface area (TPSA) is 77.5 Å². The van der Waals surface area contributed by atoms with E-state index in [4.69, 9.17) is 14.5 Å².